The Bertz CT molecular complexity index is 1080. The quantitative estimate of drug-likeness (QED) is 0.585. The summed E-state index contributed by atoms with van der Waals surface area (Å²) >= 11 is 0. The average molecular weight is 490 g/mol. The van der Waals surface area contributed by atoms with E-state index < -0.39 is 6.17 Å². The maximum absolute atomic E-state index is 13.6. The van der Waals surface area contributed by atoms with Crippen LogP contribution in [0.3, 0.4) is 0 Å². The Morgan fingerprint density at radius 3 is 2.50 bits per heavy atom. The molecule has 2 aromatic carbocycles. The second-order valence-corrected chi connectivity index (χ2v) is 9.93. The number of rotatable bonds is 7. The molecule has 2 heterocycles. The van der Waals surface area contributed by atoms with Crippen LogP contribution in [0.15, 0.2) is 54.6 Å². The predicted octanol–water partition coefficient (Wildman–Crippen LogP) is 2.51. The van der Waals surface area contributed by atoms with Crippen LogP contribution in [0.2, 0.25) is 0 Å². The molecule has 3 amide bonds. The van der Waals surface area contributed by atoms with Crippen LogP contribution in [0.25, 0.3) is 0 Å². The molecule has 2 aromatic rings. The molecule has 0 aliphatic carbocycles. The van der Waals surface area contributed by atoms with Crippen LogP contribution < -0.4 is 5.32 Å². The van der Waals surface area contributed by atoms with Crippen LogP contribution in [0, 0.1) is 18.3 Å². The van der Waals surface area contributed by atoms with Crippen LogP contribution in [0.1, 0.15) is 25.0 Å². The Hall–Kier alpha value is -3.54. The van der Waals surface area contributed by atoms with Gasteiger partial charge in [-0.05, 0) is 35.6 Å². The highest BCUT2D eigenvalue weighted by atomic mass is 16.3. The second-order valence-electron chi connectivity index (χ2n) is 9.93. The third-order valence-electron chi connectivity index (χ3n) is 6.60. The fourth-order valence-corrected chi connectivity index (χ4v) is 5.18. The molecule has 0 aromatic heterocycles. The molecule has 4 rings (SSSR count). The monoisotopic (exact) mass is 489 g/mol. The lowest BCUT2D eigenvalue weighted by Crippen LogP contribution is -2.75. The third-order valence-corrected chi connectivity index (χ3v) is 6.60. The van der Waals surface area contributed by atoms with Crippen molar-refractivity contribution in [1.82, 2.24) is 25.1 Å². The molecular weight excluding hydrogens is 454 g/mol. The summed E-state index contributed by atoms with van der Waals surface area (Å²) in [5.74, 6) is 3.22. The summed E-state index contributed by atoms with van der Waals surface area (Å²) < 4.78 is 0. The molecule has 8 heteroatoms. The number of fused-ring (bicyclic) bond motifs is 1. The Labute approximate surface area is 213 Å². The highest BCUT2D eigenvalue weighted by Gasteiger charge is 2.48. The van der Waals surface area contributed by atoms with Gasteiger partial charge in [-0.1, -0.05) is 62.2 Å². The van der Waals surface area contributed by atoms with E-state index in [1.807, 2.05) is 47.4 Å². The Morgan fingerprint density at radius 1 is 1.11 bits per heavy atom. The molecule has 2 aliphatic rings. The Morgan fingerprint density at radius 2 is 1.83 bits per heavy atom. The summed E-state index contributed by atoms with van der Waals surface area (Å²) in [6, 6.07) is 16.4. The summed E-state index contributed by atoms with van der Waals surface area (Å²) in [5.41, 5.74) is 2.02. The van der Waals surface area contributed by atoms with E-state index in [-0.39, 0.29) is 36.8 Å². The van der Waals surface area contributed by atoms with Gasteiger partial charge in [-0.25, -0.2) is 9.80 Å². The minimum absolute atomic E-state index is 0.0321. The molecular formula is C28H35N5O3. The van der Waals surface area contributed by atoms with Crippen molar-refractivity contribution in [1.29, 1.82) is 0 Å². The lowest BCUT2D eigenvalue weighted by atomic mass is 9.99. The van der Waals surface area contributed by atoms with Gasteiger partial charge in [-0.15, -0.1) is 6.42 Å². The molecule has 0 radical (unpaired) electrons. The third kappa shape index (κ3) is 5.99. The van der Waals surface area contributed by atoms with Crippen molar-refractivity contribution in [2.75, 3.05) is 32.7 Å². The summed E-state index contributed by atoms with van der Waals surface area (Å²) in [6.45, 7) is 7.07. The standard InChI is InChI=1S/C28H35N5O3/c1-4-14-31-20-27(35)32-24(15-22-10-12-25(34)13-11-22)18-30(17-21(2)3)19-26(32)33(31)28(36)29-16-23-8-6-5-7-9-23/h1,5-13,21,24,26,34H,14-20H2,2-3H3,(H,29,36)/t24-,26-/m0/s1. The minimum atomic E-state index is -0.468. The first-order valence-corrected chi connectivity index (χ1v) is 12.5. The van der Waals surface area contributed by atoms with Gasteiger partial charge in [-0.2, -0.15) is 5.01 Å². The number of amides is 3. The lowest BCUT2D eigenvalue weighted by Gasteiger charge is -2.55. The highest BCUT2D eigenvalue weighted by Crippen LogP contribution is 2.28. The van der Waals surface area contributed by atoms with Gasteiger partial charge in [0.15, 0.2) is 0 Å². The van der Waals surface area contributed by atoms with E-state index in [1.54, 1.807) is 22.2 Å². The fraction of sp³-hybridized carbons (Fsp3) is 0.429. The maximum atomic E-state index is 13.6. The molecule has 0 unspecified atom stereocenters. The second kappa shape index (κ2) is 11.5. The predicted molar refractivity (Wildman–Crippen MR) is 138 cm³/mol. The first kappa shape index (κ1) is 25.5. The van der Waals surface area contributed by atoms with Crippen molar-refractivity contribution in [3.63, 3.8) is 0 Å². The van der Waals surface area contributed by atoms with Gasteiger partial charge in [0.1, 0.15) is 11.9 Å². The summed E-state index contributed by atoms with van der Waals surface area (Å²) in [7, 11) is 0. The Kier molecular flexibility index (Phi) is 8.14. The van der Waals surface area contributed by atoms with Gasteiger partial charge in [0.25, 0.3) is 0 Å². The largest absolute Gasteiger partial charge is 0.508 e. The lowest BCUT2D eigenvalue weighted by molar-refractivity contribution is -0.182. The number of hydrogen-bond donors (Lipinski definition) is 2. The molecule has 2 N–H and O–H groups in total. The number of hydrogen-bond acceptors (Lipinski definition) is 5. The molecule has 190 valence electrons. The first-order chi connectivity index (χ1) is 17.4. The normalized spacial score (nSPS) is 20.8. The summed E-state index contributed by atoms with van der Waals surface area (Å²) in [5, 5.41) is 16.1. The van der Waals surface area contributed by atoms with Crippen molar-refractivity contribution < 1.29 is 14.7 Å². The smallest absolute Gasteiger partial charge is 0.334 e. The van der Waals surface area contributed by atoms with Crippen molar-refractivity contribution >= 4 is 11.9 Å². The number of nitrogens with zero attached hydrogens (tertiary/aromatic N) is 4. The van der Waals surface area contributed by atoms with E-state index in [9.17, 15) is 14.7 Å². The van der Waals surface area contributed by atoms with Crippen LogP contribution in [0.5, 0.6) is 5.75 Å². The zero-order chi connectivity index (χ0) is 25.7. The number of terminal acetylenes is 1. The number of carbonyl (C=O) groups excluding carboxylic acids is 2. The van der Waals surface area contributed by atoms with E-state index in [0.29, 0.717) is 25.4 Å². The molecule has 36 heavy (non-hydrogen) atoms. The van der Waals surface area contributed by atoms with Crippen molar-refractivity contribution in [2.45, 2.75) is 39.0 Å². The van der Waals surface area contributed by atoms with E-state index in [4.69, 9.17) is 6.42 Å². The van der Waals surface area contributed by atoms with Crippen LogP contribution >= 0.6 is 0 Å². The zero-order valence-electron chi connectivity index (χ0n) is 21.0. The first-order valence-electron chi connectivity index (χ1n) is 12.5. The summed E-state index contributed by atoms with van der Waals surface area (Å²) in [4.78, 5) is 31.2. The Balaban J connectivity index is 1.62. The molecule has 2 fully saturated rings. The minimum Gasteiger partial charge on any atom is -0.508 e. The van der Waals surface area contributed by atoms with E-state index in [0.717, 1.165) is 24.2 Å². The van der Waals surface area contributed by atoms with Crippen LogP contribution in [0.4, 0.5) is 4.79 Å². The maximum Gasteiger partial charge on any atom is 0.334 e. The average Bonchev–Trinajstić information content (AvgIpc) is 2.84. The van der Waals surface area contributed by atoms with Crippen LogP contribution in [-0.4, -0.2) is 81.8 Å². The fourth-order valence-electron chi connectivity index (χ4n) is 5.18. The topological polar surface area (TPSA) is 79.4 Å². The number of aromatic hydroxyl groups is 1. The molecule has 2 aliphatic heterocycles. The number of piperazine rings is 1. The van der Waals surface area contributed by atoms with Gasteiger partial charge in [0.05, 0.1) is 19.1 Å². The molecule has 0 spiro atoms. The van der Waals surface area contributed by atoms with Crippen molar-refractivity contribution in [3.05, 3.63) is 65.7 Å². The van der Waals surface area contributed by atoms with Gasteiger partial charge in [0.2, 0.25) is 5.91 Å². The molecule has 2 atom stereocenters. The summed E-state index contributed by atoms with van der Waals surface area (Å²) in [6.07, 6.45) is 5.79. The highest BCUT2D eigenvalue weighted by molar-refractivity contribution is 5.83. The number of phenolic OH excluding ortho intramolecular Hbond substituents is 1. The van der Waals surface area contributed by atoms with E-state index in [1.165, 1.54) is 0 Å². The molecule has 2 saturated heterocycles. The number of urea groups is 1. The SMILES string of the molecule is C#CCN1CC(=O)N2[C@@H](Cc3ccc(O)cc3)CN(CC(C)C)C[C@@H]2N1C(=O)NCc1ccccc1. The van der Waals surface area contributed by atoms with Gasteiger partial charge < -0.3 is 15.3 Å². The number of phenols is 1. The van der Waals surface area contributed by atoms with Crippen molar-refractivity contribution in [3.8, 4) is 18.1 Å². The zero-order valence-corrected chi connectivity index (χ0v) is 21.0. The van der Waals surface area contributed by atoms with Crippen molar-refractivity contribution in [2.24, 2.45) is 5.92 Å². The van der Waals surface area contributed by atoms with E-state index >= 15 is 0 Å². The molecule has 0 saturated carbocycles. The van der Waals surface area contributed by atoms with E-state index in [2.05, 4.69) is 30.0 Å². The molecule has 8 nitrogen and oxygen atoms in total. The van der Waals surface area contributed by atoms with Gasteiger partial charge in [0, 0.05) is 26.2 Å². The number of benzene rings is 2. The molecule has 0 bridgehead atoms. The number of nitrogens with one attached hydrogen (secondary N) is 1. The van der Waals surface area contributed by atoms with Crippen LogP contribution in [-0.2, 0) is 17.8 Å². The number of carbonyl (C=O) groups is 2. The van der Waals surface area contributed by atoms with Gasteiger partial charge >= 0.3 is 6.03 Å². The van der Waals surface area contributed by atoms with Gasteiger partial charge in [-0.3, -0.25) is 9.69 Å². The number of hydrazine groups is 1.